The summed E-state index contributed by atoms with van der Waals surface area (Å²) in [5.41, 5.74) is 7.78. The van der Waals surface area contributed by atoms with Crippen molar-refractivity contribution in [2.45, 2.75) is 81.1 Å². The number of nitrogens with one attached hydrogen (secondary N) is 2. The fraction of sp³-hybridized carbons (Fsp3) is 0.429. The summed E-state index contributed by atoms with van der Waals surface area (Å²) < 4.78 is 22.4. The van der Waals surface area contributed by atoms with Gasteiger partial charge in [0, 0.05) is 36.8 Å². The zero-order valence-corrected chi connectivity index (χ0v) is 32.1. The Bertz CT molecular complexity index is 2060. The number of carbonyl (C=O) groups is 4. The lowest BCUT2D eigenvalue weighted by molar-refractivity contribution is -0.172. The van der Waals surface area contributed by atoms with Crippen molar-refractivity contribution in [2.24, 2.45) is 10.8 Å². The maximum atomic E-state index is 14.1. The first-order chi connectivity index (χ1) is 25.8. The Hall–Kier alpha value is -5.52. The van der Waals surface area contributed by atoms with Crippen molar-refractivity contribution in [2.75, 3.05) is 26.4 Å². The van der Waals surface area contributed by atoms with Crippen molar-refractivity contribution in [3.8, 4) is 22.8 Å². The number of hydrogen-bond acceptors (Lipinski definition) is 10. The second-order valence-corrected chi connectivity index (χ2v) is 14.5. The SMILES string of the molecule is CCOC(=O)C1(C(=O)OCC)Cc2c(c(-c3nc4cc(C)c(C)cc4[nH]3)c3c(c2-c2nc4cc(C)c(C)cc4[nH]2)CC(C(=O)OCC)(C(=O)OCC)C3)C1. The lowest BCUT2D eigenvalue weighted by Crippen LogP contribution is -2.43. The number of carbonyl (C=O) groups excluding carboxylic acids is 4. The molecule has 7 rings (SSSR count). The number of ether oxygens (including phenoxy) is 4. The molecule has 0 amide bonds. The molecule has 2 heterocycles. The van der Waals surface area contributed by atoms with Crippen LogP contribution < -0.4 is 0 Å². The number of esters is 4. The number of aryl methyl sites for hydroxylation is 4. The molecule has 0 saturated carbocycles. The van der Waals surface area contributed by atoms with Crippen LogP contribution in [0.5, 0.6) is 0 Å². The van der Waals surface area contributed by atoms with Gasteiger partial charge in [0.1, 0.15) is 11.6 Å². The van der Waals surface area contributed by atoms with Crippen molar-refractivity contribution in [1.29, 1.82) is 0 Å². The minimum Gasteiger partial charge on any atom is -0.465 e. The van der Waals surface area contributed by atoms with E-state index >= 15 is 0 Å². The van der Waals surface area contributed by atoms with Gasteiger partial charge in [-0.25, -0.2) is 9.97 Å². The summed E-state index contributed by atoms with van der Waals surface area (Å²) in [6, 6.07) is 8.05. The monoisotopic (exact) mass is 734 g/mol. The van der Waals surface area contributed by atoms with Crippen molar-refractivity contribution in [3.05, 3.63) is 68.8 Å². The Morgan fingerprint density at radius 2 is 0.796 bits per heavy atom. The van der Waals surface area contributed by atoms with Crippen molar-refractivity contribution < 1.29 is 38.1 Å². The van der Waals surface area contributed by atoms with E-state index in [2.05, 4.69) is 9.97 Å². The molecule has 0 spiro atoms. The highest BCUT2D eigenvalue weighted by Crippen LogP contribution is 2.55. The molecule has 0 unspecified atom stereocenters. The summed E-state index contributed by atoms with van der Waals surface area (Å²) in [6.45, 7) is 15.2. The van der Waals surface area contributed by atoms with Gasteiger partial charge in [-0.3, -0.25) is 19.2 Å². The molecule has 0 bridgehead atoms. The van der Waals surface area contributed by atoms with Crippen molar-refractivity contribution >= 4 is 45.9 Å². The van der Waals surface area contributed by atoms with E-state index in [1.165, 1.54) is 0 Å². The van der Waals surface area contributed by atoms with E-state index in [9.17, 15) is 19.2 Å². The molecule has 2 aliphatic rings. The number of rotatable bonds is 10. The standard InChI is InChI=1S/C42H46N4O8/c1-9-51-37(47)41(38(48)52-10-2)17-25-26(18-41)34(36-45-31-15-23(7)24(8)16-32(31)46-36)28-20-42(39(49)53-11-3,40(50)54-12-4)19-27(28)33(25)35-43-29-13-21(5)22(6)14-30(29)44-35/h13-16H,9-12,17-20H2,1-8H3,(H,43,44)(H,45,46). The lowest BCUT2D eigenvalue weighted by atomic mass is 9.82. The van der Waals surface area contributed by atoms with Crippen LogP contribution in [0.4, 0.5) is 0 Å². The quantitative estimate of drug-likeness (QED) is 0.0929. The molecule has 5 aromatic rings. The van der Waals surface area contributed by atoms with Gasteiger partial charge in [-0.05, 0) is 124 Å². The normalized spacial score (nSPS) is 15.3. The second kappa shape index (κ2) is 13.7. The number of hydrogen-bond donors (Lipinski definition) is 2. The lowest BCUT2D eigenvalue weighted by Gasteiger charge is -2.25. The predicted molar refractivity (Wildman–Crippen MR) is 202 cm³/mol. The van der Waals surface area contributed by atoms with Crippen LogP contribution in [0.15, 0.2) is 24.3 Å². The first kappa shape index (κ1) is 36.8. The smallest absolute Gasteiger partial charge is 0.324 e. The van der Waals surface area contributed by atoms with Crippen LogP contribution in [0.25, 0.3) is 44.8 Å². The van der Waals surface area contributed by atoms with Gasteiger partial charge in [0.05, 0.1) is 48.5 Å². The Morgan fingerprint density at radius 1 is 0.519 bits per heavy atom. The molecule has 54 heavy (non-hydrogen) atoms. The molecular formula is C42H46N4O8. The largest absolute Gasteiger partial charge is 0.465 e. The molecule has 282 valence electrons. The number of imidazole rings is 2. The van der Waals surface area contributed by atoms with Crippen LogP contribution in [0, 0.1) is 38.5 Å². The van der Waals surface area contributed by atoms with E-state index in [-0.39, 0.29) is 52.1 Å². The first-order valence-corrected chi connectivity index (χ1v) is 18.6. The molecule has 12 heteroatoms. The van der Waals surface area contributed by atoms with Crippen molar-refractivity contribution in [1.82, 2.24) is 19.9 Å². The number of nitrogens with zero attached hydrogens (tertiary/aromatic N) is 2. The number of aromatic nitrogens is 4. The van der Waals surface area contributed by atoms with Gasteiger partial charge in [-0.1, -0.05) is 0 Å². The highest BCUT2D eigenvalue weighted by atomic mass is 16.6. The minimum absolute atomic E-state index is 0.0605. The molecule has 0 saturated heterocycles. The van der Waals surface area contributed by atoms with Gasteiger partial charge in [-0.15, -0.1) is 0 Å². The van der Waals surface area contributed by atoms with E-state index in [0.29, 0.717) is 45.0 Å². The third-order valence-corrected chi connectivity index (χ3v) is 11.2. The van der Waals surface area contributed by atoms with Crippen LogP contribution in [0.2, 0.25) is 0 Å². The molecule has 3 aromatic carbocycles. The summed E-state index contributed by atoms with van der Waals surface area (Å²) in [5.74, 6) is -1.77. The third-order valence-electron chi connectivity index (χ3n) is 11.2. The van der Waals surface area contributed by atoms with Gasteiger partial charge in [0.15, 0.2) is 10.8 Å². The Morgan fingerprint density at radius 3 is 1.07 bits per heavy atom. The molecule has 0 radical (unpaired) electrons. The highest BCUT2D eigenvalue weighted by molar-refractivity contribution is 6.05. The zero-order chi connectivity index (χ0) is 38.7. The van der Waals surface area contributed by atoms with Gasteiger partial charge < -0.3 is 28.9 Å². The van der Waals surface area contributed by atoms with Crippen molar-refractivity contribution in [3.63, 3.8) is 0 Å². The third kappa shape index (κ3) is 5.65. The number of aromatic amines is 2. The Balaban J connectivity index is 1.60. The van der Waals surface area contributed by atoms with Crippen LogP contribution in [-0.2, 0) is 63.8 Å². The fourth-order valence-corrected chi connectivity index (χ4v) is 8.25. The maximum absolute atomic E-state index is 14.1. The number of H-pyrrole nitrogens is 2. The van der Waals surface area contributed by atoms with Gasteiger partial charge >= 0.3 is 23.9 Å². The van der Waals surface area contributed by atoms with E-state index in [0.717, 1.165) is 44.3 Å². The van der Waals surface area contributed by atoms with Gasteiger partial charge in [0.25, 0.3) is 0 Å². The zero-order valence-electron chi connectivity index (χ0n) is 32.1. The molecule has 2 aromatic heterocycles. The molecule has 0 aliphatic heterocycles. The topological polar surface area (TPSA) is 163 Å². The summed E-state index contributed by atoms with van der Waals surface area (Å²) in [5, 5.41) is 0. The molecule has 0 atom stereocenters. The molecule has 2 aliphatic carbocycles. The fourth-order valence-electron chi connectivity index (χ4n) is 8.25. The molecule has 2 N–H and O–H groups in total. The molecule has 12 nitrogen and oxygen atoms in total. The minimum atomic E-state index is -1.70. The van der Waals surface area contributed by atoms with Crippen LogP contribution in [0.3, 0.4) is 0 Å². The average molecular weight is 735 g/mol. The van der Waals surface area contributed by atoms with Crippen LogP contribution >= 0.6 is 0 Å². The highest BCUT2D eigenvalue weighted by Gasteiger charge is 2.59. The molecular weight excluding hydrogens is 688 g/mol. The van der Waals surface area contributed by atoms with Crippen LogP contribution in [0.1, 0.15) is 72.2 Å². The van der Waals surface area contributed by atoms with Gasteiger partial charge in [0.2, 0.25) is 0 Å². The first-order valence-electron chi connectivity index (χ1n) is 18.6. The van der Waals surface area contributed by atoms with E-state index in [1.54, 1.807) is 27.7 Å². The summed E-state index contributed by atoms with van der Waals surface area (Å²) in [4.78, 5) is 73.4. The Kier molecular flexibility index (Phi) is 9.35. The number of fused-ring (bicyclic) bond motifs is 4. The Labute approximate surface area is 313 Å². The maximum Gasteiger partial charge on any atom is 0.324 e. The molecule has 0 fully saturated rings. The predicted octanol–water partition coefficient (Wildman–Crippen LogP) is 6.43. The summed E-state index contributed by atoms with van der Waals surface area (Å²) in [7, 11) is 0. The van der Waals surface area contributed by atoms with Crippen LogP contribution in [-0.4, -0.2) is 70.2 Å². The number of benzene rings is 3. The second-order valence-electron chi connectivity index (χ2n) is 14.5. The summed E-state index contributed by atoms with van der Waals surface area (Å²) in [6.07, 6.45) is -0.242. The van der Waals surface area contributed by atoms with E-state index in [1.807, 2.05) is 52.0 Å². The van der Waals surface area contributed by atoms with E-state index in [4.69, 9.17) is 28.9 Å². The van der Waals surface area contributed by atoms with E-state index < -0.39 is 34.7 Å². The summed E-state index contributed by atoms with van der Waals surface area (Å²) >= 11 is 0. The average Bonchev–Trinajstić information content (AvgIpc) is 3.91. The van der Waals surface area contributed by atoms with Gasteiger partial charge in [-0.2, -0.15) is 0 Å².